The second kappa shape index (κ2) is 6.52. The molecule has 2 rings (SSSR count). The molecule has 1 saturated heterocycles. The smallest absolute Gasteiger partial charge is 0.123 e. The van der Waals surface area contributed by atoms with Crippen molar-refractivity contribution in [2.45, 2.75) is 24.5 Å². The molecular weight excluding hydrogens is 261 g/mol. The molecule has 1 aliphatic rings. The molecule has 1 aromatic carbocycles. The van der Waals surface area contributed by atoms with Crippen LogP contribution in [0.1, 0.15) is 24.4 Å². The summed E-state index contributed by atoms with van der Waals surface area (Å²) in [5.41, 5.74) is 0.368. The van der Waals surface area contributed by atoms with E-state index in [1.54, 1.807) is 20.3 Å². The van der Waals surface area contributed by atoms with E-state index in [4.69, 9.17) is 14.2 Å². The van der Waals surface area contributed by atoms with Crippen molar-refractivity contribution in [3.63, 3.8) is 0 Å². The summed E-state index contributed by atoms with van der Waals surface area (Å²) in [6.45, 7) is 1.29. The maximum Gasteiger partial charge on any atom is 0.123 e. The summed E-state index contributed by atoms with van der Waals surface area (Å²) < 4.78 is 30.2. The lowest BCUT2D eigenvalue weighted by Crippen LogP contribution is -2.48. The van der Waals surface area contributed by atoms with Crippen LogP contribution in [0.5, 0.6) is 5.75 Å². The molecule has 1 heterocycles. The average Bonchev–Trinajstić information content (AvgIpc) is 2.49. The Hall–Kier alpha value is -1.17. The Balaban J connectivity index is 2.42. The minimum atomic E-state index is -0.409. The van der Waals surface area contributed by atoms with E-state index in [0.717, 1.165) is 18.4 Å². The van der Waals surface area contributed by atoms with E-state index < -0.39 is 5.60 Å². The van der Waals surface area contributed by atoms with E-state index in [9.17, 15) is 4.39 Å². The molecule has 0 aromatic heterocycles. The number of nitrogens with one attached hydrogen (secondary N) is 1. The molecule has 0 saturated carbocycles. The van der Waals surface area contributed by atoms with Crippen LogP contribution in [0.15, 0.2) is 18.2 Å². The predicted molar refractivity (Wildman–Crippen MR) is 74.5 cm³/mol. The van der Waals surface area contributed by atoms with Crippen LogP contribution in [0.25, 0.3) is 0 Å². The minimum absolute atomic E-state index is 0.151. The van der Waals surface area contributed by atoms with Gasteiger partial charge in [0.1, 0.15) is 11.6 Å². The van der Waals surface area contributed by atoms with Crippen LogP contribution < -0.4 is 10.1 Å². The first-order valence-corrected chi connectivity index (χ1v) is 6.80. The molecular formula is C15H22FNO3. The van der Waals surface area contributed by atoms with Gasteiger partial charge in [-0.1, -0.05) is 0 Å². The Morgan fingerprint density at radius 2 is 2.00 bits per heavy atom. The van der Waals surface area contributed by atoms with E-state index >= 15 is 0 Å². The number of ether oxygens (including phenoxy) is 3. The fraction of sp³-hybridized carbons (Fsp3) is 0.600. The molecule has 1 fully saturated rings. The quantitative estimate of drug-likeness (QED) is 0.900. The maximum atomic E-state index is 13.6. The van der Waals surface area contributed by atoms with Gasteiger partial charge in [-0.15, -0.1) is 0 Å². The third-order valence-electron chi connectivity index (χ3n) is 4.06. The number of rotatable bonds is 5. The van der Waals surface area contributed by atoms with E-state index in [1.807, 2.05) is 7.05 Å². The minimum Gasteiger partial charge on any atom is -0.496 e. The van der Waals surface area contributed by atoms with Crippen LogP contribution in [0, 0.1) is 5.82 Å². The lowest BCUT2D eigenvalue weighted by atomic mass is 9.81. The first kappa shape index (κ1) is 15.2. The average molecular weight is 283 g/mol. The Morgan fingerprint density at radius 1 is 1.30 bits per heavy atom. The van der Waals surface area contributed by atoms with Crippen molar-refractivity contribution in [3.05, 3.63) is 29.6 Å². The third kappa shape index (κ3) is 2.80. The normalized spacial score (nSPS) is 19.6. The highest BCUT2D eigenvalue weighted by Gasteiger charge is 2.42. The van der Waals surface area contributed by atoms with Gasteiger partial charge in [0.2, 0.25) is 0 Å². The van der Waals surface area contributed by atoms with Crippen molar-refractivity contribution in [3.8, 4) is 5.75 Å². The van der Waals surface area contributed by atoms with Crippen LogP contribution in [-0.2, 0) is 9.47 Å². The topological polar surface area (TPSA) is 39.7 Å². The van der Waals surface area contributed by atoms with E-state index in [0.29, 0.717) is 19.0 Å². The number of halogens is 1. The molecule has 1 N–H and O–H groups in total. The molecule has 0 bridgehead atoms. The molecule has 0 radical (unpaired) electrons. The molecule has 1 atom stereocenters. The van der Waals surface area contributed by atoms with Gasteiger partial charge in [0, 0.05) is 38.7 Å². The van der Waals surface area contributed by atoms with E-state index in [1.165, 1.54) is 12.1 Å². The molecule has 4 nitrogen and oxygen atoms in total. The Labute approximate surface area is 119 Å². The standard InChI is InChI=1S/C15H22FNO3/c1-17-14(15(19-3)6-8-20-9-7-15)12-10-11(16)4-5-13(12)18-2/h4-5,10,14,17H,6-9H2,1-3H3. The fourth-order valence-electron chi connectivity index (χ4n) is 2.96. The monoisotopic (exact) mass is 283 g/mol. The number of hydrogen-bond acceptors (Lipinski definition) is 4. The van der Waals surface area contributed by atoms with Crippen LogP contribution in [0.3, 0.4) is 0 Å². The Morgan fingerprint density at radius 3 is 2.55 bits per heavy atom. The van der Waals surface area contributed by atoms with Crippen LogP contribution >= 0.6 is 0 Å². The summed E-state index contributed by atoms with van der Waals surface area (Å²) >= 11 is 0. The molecule has 1 aliphatic heterocycles. The zero-order valence-corrected chi connectivity index (χ0v) is 12.2. The molecule has 1 unspecified atom stereocenters. The second-order valence-electron chi connectivity index (χ2n) is 4.99. The van der Waals surface area contributed by atoms with Gasteiger partial charge in [-0.3, -0.25) is 0 Å². The summed E-state index contributed by atoms with van der Waals surface area (Å²) in [5.74, 6) is 0.382. The largest absolute Gasteiger partial charge is 0.496 e. The highest BCUT2D eigenvalue weighted by Crippen LogP contribution is 2.40. The lowest BCUT2D eigenvalue weighted by molar-refractivity contribution is -0.110. The van der Waals surface area contributed by atoms with Gasteiger partial charge in [0.25, 0.3) is 0 Å². The molecule has 112 valence electrons. The summed E-state index contributed by atoms with van der Waals surface area (Å²) in [6.07, 6.45) is 1.52. The molecule has 0 aliphatic carbocycles. The zero-order valence-electron chi connectivity index (χ0n) is 12.2. The van der Waals surface area contributed by atoms with Gasteiger partial charge in [-0.2, -0.15) is 0 Å². The first-order chi connectivity index (χ1) is 9.66. The van der Waals surface area contributed by atoms with Gasteiger partial charge in [-0.05, 0) is 25.2 Å². The first-order valence-electron chi connectivity index (χ1n) is 6.80. The lowest BCUT2D eigenvalue weighted by Gasteiger charge is -2.42. The Bertz CT molecular complexity index is 447. The highest BCUT2D eigenvalue weighted by atomic mass is 19.1. The van der Waals surface area contributed by atoms with E-state index in [2.05, 4.69) is 5.32 Å². The van der Waals surface area contributed by atoms with Gasteiger partial charge < -0.3 is 19.5 Å². The summed E-state index contributed by atoms with van der Waals surface area (Å²) in [6, 6.07) is 4.41. The second-order valence-corrected chi connectivity index (χ2v) is 4.99. The molecule has 0 spiro atoms. The van der Waals surface area contributed by atoms with Crippen LogP contribution in [-0.4, -0.2) is 40.1 Å². The van der Waals surface area contributed by atoms with Crippen molar-refractivity contribution in [2.75, 3.05) is 34.5 Å². The number of hydrogen-bond donors (Lipinski definition) is 1. The Kier molecular flexibility index (Phi) is 4.96. The molecule has 20 heavy (non-hydrogen) atoms. The van der Waals surface area contributed by atoms with Crippen LogP contribution in [0.4, 0.5) is 4.39 Å². The van der Waals surface area contributed by atoms with Gasteiger partial charge in [0.05, 0.1) is 18.8 Å². The SMILES string of the molecule is CNC(c1cc(F)ccc1OC)C1(OC)CCOCC1. The number of methoxy groups -OCH3 is 2. The van der Waals surface area contributed by atoms with Crippen molar-refractivity contribution < 1.29 is 18.6 Å². The van der Waals surface area contributed by atoms with Crippen LogP contribution in [0.2, 0.25) is 0 Å². The zero-order chi connectivity index (χ0) is 14.6. The van der Waals surface area contributed by atoms with E-state index in [-0.39, 0.29) is 11.9 Å². The predicted octanol–water partition coefficient (Wildman–Crippen LogP) is 2.29. The number of benzene rings is 1. The molecule has 0 amide bonds. The summed E-state index contributed by atoms with van der Waals surface area (Å²) in [4.78, 5) is 0. The van der Waals surface area contributed by atoms with Crippen molar-refractivity contribution in [2.24, 2.45) is 0 Å². The fourth-order valence-corrected chi connectivity index (χ4v) is 2.96. The third-order valence-corrected chi connectivity index (χ3v) is 4.06. The van der Waals surface area contributed by atoms with Crippen molar-refractivity contribution in [1.29, 1.82) is 0 Å². The van der Waals surface area contributed by atoms with Gasteiger partial charge in [-0.25, -0.2) is 4.39 Å². The summed E-state index contributed by atoms with van der Waals surface area (Å²) in [5, 5.41) is 3.25. The number of likely N-dealkylation sites (N-methyl/N-ethyl adjacent to an activating group) is 1. The van der Waals surface area contributed by atoms with Gasteiger partial charge in [0.15, 0.2) is 0 Å². The van der Waals surface area contributed by atoms with Crippen molar-refractivity contribution >= 4 is 0 Å². The molecule has 5 heteroatoms. The molecule has 1 aromatic rings. The maximum absolute atomic E-state index is 13.6. The highest BCUT2D eigenvalue weighted by molar-refractivity contribution is 5.38. The summed E-state index contributed by atoms with van der Waals surface area (Å²) in [7, 11) is 5.14. The van der Waals surface area contributed by atoms with Gasteiger partial charge >= 0.3 is 0 Å². The van der Waals surface area contributed by atoms with Crippen molar-refractivity contribution in [1.82, 2.24) is 5.32 Å².